The summed E-state index contributed by atoms with van der Waals surface area (Å²) >= 11 is 3.19. The number of nitro groups is 1. The summed E-state index contributed by atoms with van der Waals surface area (Å²) < 4.78 is 6.16. The molecular formula is C13H18BrN3O3. The number of nitrogens with one attached hydrogen (secondary N) is 1. The lowest BCUT2D eigenvalue weighted by molar-refractivity contribution is -0.385. The smallest absolute Gasteiger partial charge is 0.283 e. The highest BCUT2D eigenvalue weighted by molar-refractivity contribution is 9.10. The van der Waals surface area contributed by atoms with Gasteiger partial charge in [-0.2, -0.15) is 0 Å². The van der Waals surface area contributed by atoms with Crippen LogP contribution in [-0.2, 0) is 11.3 Å². The van der Waals surface area contributed by atoms with Crippen LogP contribution in [-0.4, -0.2) is 49.2 Å². The van der Waals surface area contributed by atoms with Crippen molar-refractivity contribution in [1.82, 2.24) is 10.2 Å². The van der Waals surface area contributed by atoms with Gasteiger partial charge >= 0.3 is 0 Å². The SMILES string of the molecule is CN(Cc1ccc(Br)c([N+](=O)[O-])c1)CC1CNCCO1. The lowest BCUT2D eigenvalue weighted by Crippen LogP contribution is -2.44. The van der Waals surface area contributed by atoms with Crippen LogP contribution >= 0.6 is 15.9 Å². The van der Waals surface area contributed by atoms with Crippen LogP contribution in [0.1, 0.15) is 5.56 Å². The number of rotatable bonds is 5. The third-order valence-corrected chi connectivity index (χ3v) is 3.85. The number of likely N-dealkylation sites (N-methyl/N-ethyl adjacent to an activating group) is 1. The molecule has 7 heteroatoms. The Balaban J connectivity index is 1.95. The summed E-state index contributed by atoms with van der Waals surface area (Å²) in [6.07, 6.45) is 0.180. The van der Waals surface area contributed by atoms with E-state index in [0.717, 1.165) is 31.8 Å². The minimum Gasteiger partial charge on any atom is -0.374 e. The highest BCUT2D eigenvalue weighted by Gasteiger charge is 2.17. The van der Waals surface area contributed by atoms with Crippen molar-refractivity contribution >= 4 is 21.6 Å². The van der Waals surface area contributed by atoms with Gasteiger partial charge in [0.1, 0.15) is 0 Å². The van der Waals surface area contributed by atoms with Crippen LogP contribution in [0.25, 0.3) is 0 Å². The first-order chi connectivity index (χ1) is 9.56. The maximum atomic E-state index is 10.9. The molecule has 0 amide bonds. The fraction of sp³-hybridized carbons (Fsp3) is 0.538. The summed E-state index contributed by atoms with van der Waals surface area (Å²) in [6.45, 7) is 3.96. The van der Waals surface area contributed by atoms with E-state index < -0.39 is 0 Å². The molecule has 1 aromatic carbocycles. The van der Waals surface area contributed by atoms with Crippen LogP contribution in [0.5, 0.6) is 0 Å². The van der Waals surface area contributed by atoms with Crippen LogP contribution in [0, 0.1) is 10.1 Å². The number of benzene rings is 1. The number of hydrogen-bond donors (Lipinski definition) is 1. The number of nitro benzene ring substituents is 1. The topological polar surface area (TPSA) is 67.6 Å². The molecule has 0 saturated carbocycles. The van der Waals surface area contributed by atoms with Crippen molar-refractivity contribution in [2.24, 2.45) is 0 Å². The van der Waals surface area contributed by atoms with Crippen molar-refractivity contribution in [3.8, 4) is 0 Å². The van der Waals surface area contributed by atoms with E-state index >= 15 is 0 Å². The average Bonchev–Trinajstić information content (AvgIpc) is 2.41. The van der Waals surface area contributed by atoms with Crippen molar-refractivity contribution in [2.45, 2.75) is 12.6 Å². The van der Waals surface area contributed by atoms with E-state index in [4.69, 9.17) is 4.74 Å². The molecular weight excluding hydrogens is 326 g/mol. The van der Waals surface area contributed by atoms with Gasteiger partial charge in [-0.1, -0.05) is 6.07 Å². The molecule has 0 bridgehead atoms. The Bertz CT molecular complexity index is 478. The summed E-state index contributed by atoms with van der Waals surface area (Å²) in [7, 11) is 1.99. The van der Waals surface area contributed by atoms with E-state index in [0.29, 0.717) is 11.0 Å². The molecule has 2 rings (SSSR count). The highest BCUT2D eigenvalue weighted by atomic mass is 79.9. The van der Waals surface area contributed by atoms with E-state index in [1.165, 1.54) is 0 Å². The molecule has 1 N–H and O–H groups in total. The Morgan fingerprint density at radius 2 is 2.40 bits per heavy atom. The van der Waals surface area contributed by atoms with E-state index in [1.807, 2.05) is 13.1 Å². The zero-order valence-corrected chi connectivity index (χ0v) is 12.9. The second-order valence-corrected chi connectivity index (χ2v) is 5.79. The fourth-order valence-electron chi connectivity index (χ4n) is 2.26. The summed E-state index contributed by atoms with van der Waals surface area (Å²) in [5.41, 5.74) is 1.03. The summed E-state index contributed by atoms with van der Waals surface area (Å²) in [5, 5.41) is 14.2. The third kappa shape index (κ3) is 4.24. The fourth-order valence-corrected chi connectivity index (χ4v) is 2.65. The van der Waals surface area contributed by atoms with E-state index in [9.17, 15) is 10.1 Å². The Morgan fingerprint density at radius 1 is 1.60 bits per heavy atom. The standard InChI is InChI=1S/C13H18BrN3O3/c1-16(9-11-7-15-4-5-20-11)8-10-2-3-12(14)13(6-10)17(18)19/h2-3,6,11,15H,4-5,7-9H2,1H3. The molecule has 0 radical (unpaired) electrons. The predicted octanol–water partition coefficient (Wildman–Crippen LogP) is 1.78. The van der Waals surface area contributed by atoms with Gasteiger partial charge in [-0.25, -0.2) is 0 Å². The van der Waals surface area contributed by atoms with Gasteiger partial charge in [-0.15, -0.1) is 0 Å². The van der Waals surface area contributed by atoms with Gasteiger partial charge in [0.2, 0.25) is 0 Å². The molecule has 0 spiro atoms. The van der Waals surface area contributed by atoms with Crippen molar-refractivity contribution in [3.63, 3.8) is 0 Å². The Kier molecular flexibility index (Phi) is 5.47. The molecule has 1 aliphatic heterocycles. The average molecular weight is 344 g/mol. The molecule has 1 saturated heterocycles. The minimum absolute atomic E-state index is 0.103. The zero-order valence-electron chi connectivity index (χ0n) is 11.3. The first-order valence-electron chi connectivity index (χ1n) is 6.50. The van der Waals surface area contributed by atoms with Crippen molar-refractivity contribution in [2.75, 3.05) is 33.3 Å². The van der Waals surface area contributed by atoms with Gasteiger partial charge in [0.05, 0.1) is 22.1 Å². The minimum atomic E-state index is -0.373. The maximum Gasteiger partial charge on any atom is 0.283 e. The van der Waals surface area contributed by atoms with Gasteiger partial charge in [0.25, 0.3) is 5.69 Å². The number of morpholine rings is 1. The van der Waals surface area contributed by atoms with E-state index in [-0.39, 0.29) is 16.7 Å². The number of halogens is 1. The molecule has 1 atom stereocenters. The Labute approximate surface area is 126 Å². The Hall–Kier alpha value is -1.02. The Morgan fingerprint density at radius 3 is 3.05 bits per heavy atom. The molecule has 110 valence electrons. The lowest BCUT2D eigenvalue weighted by atomic mass is 10.2. The summed E-state index contributed by atoms with van der Waals surface area (Å²) in [4.78, 5) is 12.7. The quantitative estimate of drug-likeness (QED) is 0.651. The molecule has 1 unspecified atom stereocenters. The maximum absolute atomic E-state index is 10.9. The second-order valence-electron chi connectivity index (χ2n) is 4.94. The van der Waals surface area contributed by atoms with Gasteiger partial charge in [0, 0.05) is 32.2 Å². The van der Waals surface area contributed by atoms with Crippen molar-refractivity contribution < 1.29 is 9.66 Å². The lowest BCUT2D eigenvalue weighted by Gasteiger charge is -2.28. The molecule has 6 nitrogen and oxygen atoms in total. The van der Waals surface area contributed by atoms with Gasteiger partial charge in [0.15, 0.2) is 0 Å². The summed E-state index contributed by atoms with van der Waals surface area (Å²) in [6, 6.07) is 5.23. The van der Waals surface area contributed by atoms with Crippen LogP contribution in [0.3, 0.4) is 0 Å². The molecule has 1 fully saturated rings. The molecule has 0 aromatic heterocycles. The van der Waals surface area contributed by atoms with Gasteiger partial charge in [-0.05, 0) is 34.6 Å². The van der Waals surface area contributed by atoms with Gasteiger partial charge in [-0.3, -0.25) is 15.0 Å². The van der Waals surface area contributed by atoms with Gasteiger partial charge < -0.3 is 10.1 Å². The summed E-state index contributed by atoms with van der Waals surface area (Å²) in [5.74, 6) is 0. The number of hydrogen-bond acceptors (Lipinski definition) is 5. The highest BCUT2D eigenvalue weighted by Crippen LogP contribution is 2.26. The molecule has 1 aliphatic rings. The molecule has 0 aliphatic carbocycles. The molecule has 20 heavy (non-hydrogen) atoms. The van der Waals surface area contributed by atoms with E-state index in [2.05, 4.69) is 26.1 Å². The van der Waals surface area contributed by atoms with Crippen LogP contribution in [0.15, 0.2) is 22.7 Å². The van der Waals surface area contributed by atoms with Crippen LogP contribution < -0.4 is 5.32 Å². The number of nitrogens with zero attached hydrogens (tertiary/aromatic N) is 2. The second kappa shape index (κ2) is 7.12. The normalized spacial score (nSPS) is 19.2. The molecule has 1 heterocycles. The number of ether oxygens (including phenoxy) is 1. The zero-order chi connectivity index (χ0) is 14.5. The molecule has 1 aromatic rings. The largest absolute Gasteiger partial charge is 0.374 e. The van der Waals surface area contributed by atoms with E-state index in [1.54, 1.807) is 12.1 Å². The third-order valence-electron chi connectivity index (χ3n) is 3.18. The van der Waals surface area contributed by atoms with Crippen LogP contribution in [0.2, 0.25) is 0 Å². The van der Waals surface area contributed by atoms with Crippen LogP contribution in [0.4, 0.5) is 5.69 Å². The monoisotopic (exact) mass is 343 g/mol. The van der Waals surface area contributed by atoms with Crippen molar-refractivity contribution in [1.29, 1.82) is 0 Å². The predicted molar refractivity (Wildman–Crippen MR) is 79.7 cm³/mol. The first-order valence-corrected chi connectivity index (χ1v) is 7.29. The first kappa shape index (κ1) is 15.4. The van der Waals surface area contributed by atoms with Crippen molar-refractivity contribution in [3.05, 3.63) is 38.3 Å².